The Bertz CT molecular complexity index is 2750. The van der Waals surface area contributed by atoms with Gasteiger partial charge in [-0.25, -0.2) is 0 Å². The summed E-state index contributed by atoms with van der Waals surface area (Å²) in [6.45, 7) is 25.4. The van der Waals surface area contributed by atoms with Crippen LogP contribution in [0.2, 0.25) is 0 Å². The van der Waals surface area contributed by atoms with Crippen LogP contribution in [0.15, 0.2) is 56.4 Å². The number of nitriles is 1. The Morgan fingerprint density at radius 1 is 0.556 bits per heavy atom. The zero-order chi connectivity index (χ0) is 51.7. The molecule has 0 N–H and O–H groups in total. The number of benzene rings is 1. The number of unbranched alkanes of at least 4 members (excludes halogenated alkanes) is 11. The van der Waals surface area contributed by atoms with E-state index in [1.807, 2.05) is 34.1 Å². The minimum absolute atomic E-state index is 0.0537. The highest BCUT2D eigenvalue weighted by Crippen LogP contribution is 2.51. The highest BCUT2D eigenvalue weighted by molar-refractivity contribution is 7.29. The van der Waals surface area contributed by atoms with Gasteiger partial charge < -0.3 is 18.6 Å². The molecule has 0 spiro atoms. The second-order valence-corrected chi connectivity index (χ2v) is 25.4. The van der Waals surface area contributed by atoms with Crippen LogP contribution in [-0.2, 0) is 26.8 Å². The molecule has 7 nitrogen and oxygen atoms in total. The van der Waals surface area contributed by atoms with Gasteiger partial charge >= 0.3 is 0 Å². The summed E-state index contributed by atoms with van der Waals surface area (Å²) in [5.74, 6) is 2.97. The molecule has 2 unspecified atom stereocenters. The Balaban J connectivity index is 1.40. The first-order chi connectivity index (χ1) is 34.6. The lowest BCUT2D eigenvalue weighted by Crippen LogP contribution is -2.34. The molecule has 0 fully saturated rings. The lowest BCUT2D eigenvalue weighted by molar-refractivity contribution is -0.124. The molecule has 72 heavy (non-hydrogen) atoms. The fourth-order valence-electron chi connectivity index (χ4n) is 11.0. The number of carbonyl (C=O) groups is 2. The number of thiophene rings is 2. The summed E-state index contributed by atoms with van der Waals surface area (Å²) >= 11 is 3.54. The van der Waals surface area contributed by atoms with E-state index in [9.17, 15) is 5.26 Å². The van der Waals surface area contributed by atoms with E-state index in [0.29, 0.717) is 58.8 Å². The summed E-state index contributed by atoms with van der Waals surface area (Å²) in [4.78, 5) is 37.5. The van der Waals surface area contributed by atoms with Crippen LogP contribution in [0.5, 0.6) is 0 Å². The first-order valence-corrected chi connectivity index (χ1v) is 30.0. The van der Waals surface area contributed by atoms with Crippen molar-refractivity contribution < 1.29 is 18.4 Å². The zero-order valence-electron chi connectivity index (χ0n) is 46.2. The standard InChI is InChI=1S/C63H87N3O4S2/c1-12-17-22-25-30-42(28-20-15-4)40-65-56(54-55(61(65)68)57(50-35-36-52(70-50)62(6,7)8)66(60(54)67)41-43(29-21-16-5)31-26-23-18-13-2)49-34-33-48(69-49)51-37-45-44(32-27-24-19-14-3)47(39-64)46-38-53(63(9,10)11)72-59(46)58(45)71-51/h33-38,42-43H,12-32,40-41H2,1-11H3. The van der Waals surface area contributed by atoms with Gasteiger partial charge in [-0.15, -0.1) is 22.7 Å². The van der Waals surface area contributed by atoms with Crippen LogP contribution in [0, 0.1) is 23.2 Å². The van der Waals surface area contributed by atoms with Crippen molar-refractivity contribution in [2.24, 2.45) is 11.8 Å². The van der Waals surface area contributed by atoms with E-state index < -0.39 is 0 Å². The van der Waals surface area contributed by atoms with Crippen molar-refractivity contribution in [3.63, 3.8) is 0 Å². The summed E-state index contributed by atoms with van der Waals surface area (Å²) in [5.41, 5.74) is 3.73. The third-order valence-electron chi connectivity index (χ3n) is 15.3. The maximum Gasteiger partial charge on any atom is 0.261 e. The second kappa shape index (κ2) is 24.8. The smallest absolute Gasteiger partial charge is 0.261 e. The highest BCUT2D eigenvalue weighted by Gasteiger charge is 2.51. The average molecular weight is 1010 g/mol. The normalized spacial score (nSPS) is 15.4. The third kappa shape index (κ3) is 12.2. The van der Waals surface area contributed by atoms with E-state index in [4.69, 9.17) is 8.83 Å². The van der Waals surface area contributed by atoms with E-state index in [-0.39, 0.29) is 28.6 Å². The largest absolute Gasteiger partial charge is 0.459 e. The van der Waals surface area contributed by atoms with Crippen LogP contribution in [0.1, 0.15) is 238 Å². The van der Waals surface area contributed by atoms with Crippen molar-refractivity contribution in [1.82, 2.24) is 9.80 Å². The topological polar surface area (TPSA) is 90.7 Å². The maximum absolute atomic E-state index is 15.7. The van der Waals surface area contributed by atoms with Gasteiger partial charge in [-0.1, -0.05) is 172 Å². The van der Waals surface area contributed by atoms with Crippen LogP contribution < -0.4 is 0 Å². The molecule has 6 heterocycles. The molecule has 0 radical (unpaired) electrons. The molecule has 9 heteroatoms. The Labute approximate surface area is 441 Å². The predicted molar refractivity (Wildman–Crippen MR) is 304 cm³/mol. The van der Waals surface area contributed by atoms with Crippen molar-refractivity contribution in [2.75, 3.05) is 13.1 Å². The van der Waals surface area contributed by atoms with E-state index in [0.717, 1.165) is 127 Å². The Hall–Kier alpha value is -4.39. The number of fused-ring (bicyclic) bond motifs is 4. The van der Waals surface area contributed by atoms with Crippen molar-refractivity contribution in [3.05, 3.63) is 80.8 Å². The fourth-order valence-corrected chi connectivity index (χ4v) is 13.6. The average Bonchev–Trinajstić information content (AvgIpc) is 4.22. The minimum atomic E-state index is -0.257. The van der Waals surface area contributed by atoms with Gasteiger partial charge in [-0.2, -0.15) is 5.26 Å². The zero-order valence-corrected chi connectivity index (χ0v) is 47.8. The summed E-state index contributed by atoms with van der Waals surface area (Å²) in [7, 11) is 0. The van der Waals surface area contributed by atoms with E-state index in [1.54, 1.807) is 22.7 Å². The van der Waals surface area contributed by atoms with Gasteiger partial charge in [0.1, 0.15) is 29.0 Å². The molecule has 2 aliphatic rings. The van der Waals surface area contributed by atoms with Gasteiger partial charge in [-0.3, -0.25) is 9.59 Å². The number of furan rings is 2. The first-order valence-electron chi connectivity index (χ1n) is 28.4. The van der Waals surface area contributed by atoms with Crippen LogP contribution in [0.4, 0.5) is 0 Å². The molecule has 2 atom stereocenters. The number of hydrogen-bond donors (Lipinski definition) is 0. The van der Waals surface area contributed by atoms with Crippen molar-refractivity contribution in [1.29, 1.82) is 5.26 Å². The summed E-state index contributed by atoms with van der Waals surface area (Å²) in [5, 5.41) is 13.0. The number of nitrogens with zero attached hydrogens (tertiary/aromatic N) is 3. The predicted octanol–water partition coefficient (Wildman–Crippen LogP) is 18.9. The van der Waals surface area contributed by atoms with Crippen LogP contribution in [0.3, 0.4) is 0 Å². The molecular weight excluding hydrogens is 927 g/mol. The Morgan fingerprint density at radius 3 is 1.54 bits per heavy atom. The lowest BCUT2D eigenvalue weighted by atomic mass is 9.92. The monoisotopic (exact) mass is 1010 g/mol. The quantitative estimate of drug-likeness (QED) is 0.0466. The third-order valence-corrected chi connectivity index (χ3v) is 18.2. The minimum Gasteiger partial charge on any atom is -0.459 e. The first kappa shape index (κ1) is 55.4. The molecule has 7 rings (SSSR count). The van der Waals surface area contributed by atoms with Crippen molar-refractivity contribution >= 4 is 66.1 Å². The highest BCUT2D eigenvalue weighted by atomic mass is 32.1. The van der Waals surface area contributed by atoms with Gasteiger partial charge in [0, 0.05) is 28.8 Å². The Morgan fingerprint density at radius 2 is 1.04 bits per heavy atom. The van der Waals surface area contributed by atoms with Crippen LogP contribution >= 0.6 is 22.7 Å². The number of hydrogen-bond acceptors (Lipinski definition) is 7. The molecule has 4 aromatic heterocycles. The van der Waals surface area contributed by atoms with E-state index in [2.05, 4.69) is 94.4 Å². The molecule has 2 amide bonds. The van der Waals surface area contributed by atoms with Gasteiger partial charge in [0.15, 0.2) is 11.5 Å². The molecule has 2 aliphatic heterocycles. The van der Waals surface area contributed by atoms with Gasteiger partial charge in [0.25, 0.3) is 11.8 Å². The van der Waals surface area contributed by atoms with Crippen molar-refractivity contribution in [3.8, 4) is 16.7 Å². The fraction of sp³-hybridized carbons (Fsp3) is 0.603. The summed E-state index contributed by atoms with van der Waals surface area (Å²) in [6, 6.07) is 15.2. The van der Waals surface area contributed by atoms with Crippen LogP contribution in [-0.4, -0.2) is 34.7 Å². The van der Waals surface area contributed by atoms with Gasteiger partial charge in [-0.05, 0) is 103 Å². The van der Waals surface area contributed by atoms with Crippen LogP contribution in [0.25, 0.3) is 42.2 Å². The SMILES string of the molecule is CCCCCCc1c(C#N)c2cc(C(C)(C)C)sc2c2sc(-c3ccc(C4=C5C(=O)N(CC(CCCC)CCCCCC)C(c6ccc(C(C)(C)C)o6)=C5C(=O)N4CC(CCCC)CCCCCC)o3)cc12. The molecule has 5 aromatic rings. The van der Waals surface area contributed by atoms with Crippen molar-refractivity contribution in [2.45, 2.75) is 222 Å². The second-order valence-electron chi connectivity index (χ2n) is 23.3. The van der Waals surface area contributed by atoms with Gasteiger partial charge in [0.2, 0.25) is 0 Å². The van der Waals surface area contributed by atoms with E-state index >= 15 is 9.59 Å². The molecule has 0 bridgehead atoms. The van der Waals surface area contributed by atoms with Gasteiger partial charge in [0.05, 0.1) is 31.0 Å². The summed E-state index contributed by atoms with van der Waals surface area (Å²) < 4.78 is 16.2. The molecule has 390 valence electrons. The number of carbonyl (C=O) groups excluding carboxylic acids is 2. The van der Waals surface area contributed by atoms with E-state index in [1.165, 1.54) is 54.5 Å². The summed E-state index contributed by atoms with van der Waals surface area (Å²) in [6.07, 6.45) is 23.2. The molecule has 0 saturated carbocycles. The number of rotatable bonds is 28. The molecular formula is C63H87N3O4S2. The maximum atomic E-state index is 15.7. The number of aryl methyl sites for hydroxylation is 1. The molecule has 0 saturated heterocycles. The Kier molecular flexibility index (Phi) is 19.0. The molecule has 0 aliphatic carbocycles. The number of amides is 2. The molecule has 1 aromatic carbocycles. The lowest BCUT2D eigenvalue weighted by Gasteiger charge is -2.29.